The zero-order chi connectivity index (χ0) is 18.5. The largest absolute Gasteiger partial charge is 0.379 e. The highest BCUT2D eigenvalue weighted by Crippen LogP contribution is 2.14. The summed E-state index contributed by atoms with van der Waals surface area (Å²) in [6.45, 7) is 5.51. The van der Waals surface area contributed by atoms with Crippen LogP contribution >= 0.6 is 0 Å². The molecule has 7 heteroatoms. The third kappa shape index (κ3) is 4.32. The molecule has 4 rings (SSSR count). The third-order valence-electron chi connectivity index (χ3n) is 4.73. The first-order valence-electron chi connectivity index (χ1n) is 9.23. The van der Waals surface area contributed by atoms with Crippen molar-refractivity contribution in [2.45, 2.75) is 6.54 Å². The maximum Gasteiger partial charge on any atom is 0.252 e. The number of amides is 1. The molecular weight excluding hydrogens is 342 g/mol. The van der Waals surface area contributed by atoms with Crippen molar-refractivity contribution in [1.82, 2.24) is 24.8 Å². The lowest BCUT2D eigenvalue weighted by atomic mass is 10.2. The first-order valence-corrected chi connectivity index (χ1v) is 9.23. The molecule has 0 radical (unpaired) electrons. The minimum Gasteiger partial charge on any atom is -0.379 e. The molecule has 1 fully saturated rings. The van der Waals surface area contributed by atoms with Crippen LogP contribution in [0.1, 0.15) is 15.9 Å². The molecule has 1 aromatic carbocycles. The molecule has 140 valence electrons. The van der Waals surface area contributed by atoms with Gasteiger partial charge in [0.15, 0.2) is 5.65 Å². The second kappa shape index (κ2) is 8.28. The van der Waals surface area contributed by atoms with E-state index in [0.717, 1.165) is 44.0 Å². The topological polar surface area (TPSA) is 72.3 Å². The number of nitrogens with zero attached hydrogens (tertiary/aromatic N) is 4. The van der Waals surface area contributed by atoms with Crippen LogP contribution in [0.3, 0.4) is 0 Å². The molecule has 3 heterocycles. The van der Waals surface area contributed by atoms with Crippen LogP contribution in [0.4, 0.5) is 0 Å². The predicted molar refractivity (Wildman–Crippen MR) is 103 cm³/mol. The molecule has 7 nitrogen and oxygen atoms in total. The van der Waals surface area contributed by atoms with E-state index >= 15 is 0 Å². The van der Waals surface area contributed by atoms with Gasteiger partial charge in [-0.15, -0.1) is 0 Å². The van der Waals surface area contributed by atoms with Gasteiger partial charge in [0.25, 0.3) is 5.91 Å². The highest BCUT2D eigenvalue weighted by Gasteiger charge is 2.13. The SMILES string of the molecule is O=C(NCCN1CCOCC1)c1cnc2c(c1)ncn2Cc1ccccc1. The normalized spacial score (nSPS) is 15.1. The highest BCUT2D eigenvalue weighted by atomic mass is 16.5. The summed E-state index contributed by atoms with van der Waals surface area (Å²) in [5.74, 6) is -0.115. The van der Waals surface area contributed by atoms with Crippen molar-refractivity contribution in [2.24, 2.45) is 0 Å². The summed E-state index contributed by atoms with van der Waals surface area (Å²) >= 11 is 0. The van der Waals surface area contributed by atoms with Crippen molar-refractivity contribution in [2.75, 3.05) is 39.4 Å². The zero-order valence-corrected chi connectivity index (χ0v) is 15.2. The van der Waals surface area contributed by atoms with Crippen molar-refractivity contribution in [3.63, 3.8) is 0 Å². The molecule has 0 atom stereocenters. The number of morpholine rings is 1. The summed E-state index contributed by atoms with van der Waals surface area (Å²) in [6, 6.07) is 12.0. The number of nitrogens with one attached hydrogen (secondary N) is 1. The molecule has 1 saturated heterocycles. The predicted octanol–water partition coefficient (Wildman–Crippen LogP) is 1.54. The Morgan fingerprint density at radius 1 is 1.15 bits per heavy atom. The summed E-state index contributed by atoms with van der Waals surface area (Å²) in [6.07, 6.45) is 3.39. The van der Waals surface area contributed by atoms with Crippen molar-refractivity contribution in [1.29, 1.82) is 0 Å². The monoisotopic (exact) mass is 365 g/mol. The number of carbonyl (C=O) groups excluding carboxylic acids is 1. The molecule has 0 aliphatic carbocycles. The molecule has 1 amide bonds. The van der Waals surface area contributed by atoms with Gasteiger partial charge in [-0.3, -0.25) is 9.69 Å². The van der Waals surface area contributed by atoms with E-state index in [0.29, 0.717) is 18.7 Å². The van der Waals surface area contributed by atoms with E-state index in [-0.39, 0.29) is 5.91 Å². The summed E-state index contributed by atoms with van der Waals surface area (Å²) in [5, 5.41) is 2.96. The molecule has 0 saturated carbocycles. The van der Waals surface area contributed by atoms with Crippen molar-refractivity contribution < 1.29 is 9.53 Å². The number of hydrogen-bond donors (Lipinski definition) is 1. The van der Waals surface area contributed by atoms with Crippen LogP contribution in [0.5, 0.6) is 0 Å². The third-order valence-corrected chi connectivity index (χ3v) is 4.73. The van der Waals surface area contributed by atoms with E-state index in [1.54, 1.807) is 18.6 Å². The number of rotatable bonds is 6. The van der Waals surface area contributed by atoms with Crippen LogP contribution in [0, 0.1) is 0 Å². The number of hydrogen-bond acceptors (Lipinski definition) is 5. The number of ether oxygens (including phenoxy) is 1. The first-order chi connectivity index (χ1) is 13.3. The van der Waals surface area contributed by atoms with Crippen molar-refractivity contribution in [3.8, 4) is 0 Å². The van der Waals surface area contributed by atoms with Gasteiger partial charge in [0.1, 0.15) is 5.52 Å². The average molecular weight is 365 g/mol. The van der Waals surface area contributed by atoms with Gasteiger partial charge in [-0.1, -0.05) is 30.3 Å². The maximum absolute atomic E-state index is 12.4. The van der Waals surface area contributed by atoms with E-state index in [1.807, 2.05) is 22.8 Å². The molecule has 0 bridgehead atoms. The lowest BCUT2D eigenvalue weighted by Crippen LogP contribution is -2.41. The van der Waals surface area contributed by atoms with Gasteiger partial charge in [0.2, 0.25) is 0 Å². The first kappa shape index (κ1) is 17.6. The van der Waals surface area contributed by atoms with Gasteiger partial charge < -0.3 is 14.6 Å². The highest BCUT2D eigenvalue weighted by molar-refractivity contribution is 5.96. The molecular formula is C20H23N5O2. The Morgan fingerprint density at radius 2 is 1.96 bits per heavy atom. The Kier molecular flexibility index (Phi) is 5.41. The summed E-state index contributed by atoms with van der Waals surface area (Å²) in [7, 11) is 0. The van der Waals surface area contributed by atoms with Crippen LogP contribution < -0.4 is 5.32 Å². The fourth-order valence-corrected chi connectivity index (χ4v) is 3.22. The van der Waals surface area contributed by atoms with E-state index < -0.39 is 0 Å². The lowest BCUT2D eigenvalue weighted by Gasteiger charge is -2.26. The summed E-state index contributed by atoms with van der Waals surface area (Å²) in [4.78, 5) is 23.6. The van der Waals surface area contributed by atoms with Gasteiger partial charge in [-0.2, -0.15) is 0 Å². The average Bonchev–Trinajstić information content (AvgIpc) is 3.11. The number of fused-ring (bicyclic) bond motifs is 1. The standard InChI is InChI=1S/C20H23N5O2/c26-20(21-6-7-24-8-10-27-11-9-24)17-12-18-19(22-13-17)25(15-23-18)14-16-4-2-1-3-5-16/h1-5,12-13,15H,6-11,14H2,(H,21,26). The molecule has 1 aliphatic heterocycles. The molecule has 27 heavy (non-hydrogen) atoms. The summed E-state index contributed by atoms with van der Waals surface area (Å²) in [5.41, 5.74) is 3.23. The minimum absolute atomic E-state index is 0.115. The van der Waals surface area contributed by atoms with Crippen molar-refractivity contribution in [3.05, 3.63) is 60.0 Å². The molecule has 0 spiro atoms. The van der Waals surface area contributed by atoms with Crippen LogP contribution in [0.2, 0.25) is 0 Å². The fraction of sp³-hybridized carbons (Fsp3) is 0.350. The van der Waals surface area contributed by atoms with Gasteiger partial charge in [-0.05, 0) is 11.6 Å². The smallest absolute Gasteiger partial charge is 0.252 e. The molecule has 0 unspecified atom stereocenters. The van der Waals surface area contributed by atoms with E-state index in [1.165, 1.54) is 5.56 Å². The Labute approximate surface area is 158 Å². The van der Waals surface area contributed by atoms with E-state index in [4.69, 9.17) is 4.74 Å². The van der Waals surface area contributed by atoms with Crippen LogP contribution in [0.25, 0.3) is 11.2 Å². The van der Waals surface area contributed by atoms with Crippen LogP contribution in [-0.2, 0) is 11.3 Å². The Hall–Kier alpha value is -2.77. The van der Waals surface area contributed by atoms with Gasteiger partial charge >= 0.3 is 0 Å². The second-order valence-electron chi connectivity index (χ2n) is 6.63. The quantitative estimate of drug-likeness (QED) is 0.717. The number of carbonyl (C=O) groups is 1. The number of imidazole rings is 1. The zero-order valence-electron chi connectivity index (χ0n) is 15.2. The summed E-state index contributed by atoms with van der Waals surface area (Å²) < 4.78 is 7.32. The van der Waals surface area contributed by atoms with E-state index in [9.17, 15) is 4.79 Å². The molecule has 2 aromatic heterocycles. The number of aromatic nitrogens is 3. The molecule has 3 aromatic rings. The second-order valence-corrected chi connectivity index (χ2v) is 6.63. The Bertz CT molecular complexity index is 903. The van der Waals surface area contributed by atoms with Crippen LogP contribution in [-0.4, -0.2) is 64.7 Å². The van der Waals surface area contributed by atoms with Crippen LogP contribution in [0.15, 0.2) is 48.9 Å². The number of pyridine rings is 1. The van der Waals surface area contributed by atoms with Gasteiger partial charge in [0, 0.05) is 32.4 Å². The molecule has 1 N–H and O–H groups in total. The maximum atomic E-state index is 12.4. The number of benzene rings is 1. The lowest BCUT2D eigenvalue weighted by molar-refractivity contribution is 0.0383. The Morgan fingerprint density at radius 3 is 2.78 bits per heavy atom. The minimum atomic E-state index is -0.115. The van der Waals surface area contributed by atoms with E-state index in [2.05, 4.69) is 32.3 Å². The van der Waals surface area contributed by atoms with Crippen molar-refractivity contribution >= 4 is 17.1 Å². The Balaban J connectivity index is 1.38. The molecule has 1 aliphatic rings. The fourth-order valence-electron chi connectivity index (χ4n) is 3.22. The van der Waals surface area contributed by atoms with Gasteiger partial charge in [-0.25, -0.2) is 9.97 Å². The van der Waals surface area contributed by atoms with Gasteiger partial charge in [0.05, 0.1) is 31.6 Å².